The molecule has 188 valence electrons. The van der Waals surface area contributed by atoms with Gasteiger partial charge in [-0.1, -0.05) is 42.1 Å². The van der Waals surface area contributed by atoms with Crippen molar-refractivity contribution in [3.05, 3.63) is 99.6 Å². The second kappa shape index (κ2) is 11.4. The summed E-state index contributed by atoms with van der Waals surface area (Å²) in [6, 6.07) is 22.7. The van der Waals surface area contributed by atoms with Gasteiger partial charge in [-0.25, -0.2) is 0 Å². The lowest BCUT2D eigenvalue weighted by Gasteiger charge is -2.19. The molecule has 3 aromatic rings. The topological polar surface area (TPSA) is 82.4 Å². The molecule has 1 N–H and O–H groups in total. The van der Waals surface area contributed by atoms with Gasteiger partial charge in [-0.15, -0.1) is 0 Å². The van der Waals surface area contributed by atoms with Crippen LogP contribution in [0.4, 0.5) is 11.4 Å². The fraction of sp³-hybridized carbons (Fsp3) is 0.233. The normalized spacial score (nSPS) is 16.4. The zero-order chi connectivity index (χ0) is 26.5. The van der Waals surface area contributed by atoms with E-state index in [0.717, 1.165) is 16.7 Å². The Morgan fingerprint density at radius 1 is 1.05 bits per heavy atom. The van der Waals surface area contributed by atoms with Crippen molar-refractivity contribution in [2.45, 2.75) is 39.4 Å². The van der Waals surface area contributed by atoms with Gasteiger partial charge >= 0.3 is 0 Å². The maximum Gasteiger partial charge on any atom is 0.269 e. The molecule has 1 atom stereocenters. The number of amides is 2. The summed E-state index contributed by atoms with van der Waals surface area (Å²) in [6.45, 7) is 8.45. The van der Waals surface area contributed by atoms with E-state index in [1.54, 1.807) is 30.3 Å². The number of nitriles is 1. The first-order valence-electron chi connectivity index (χ1n) is 12.1. The number of ether oxygens (including phenoxy) is 1. The van der Waals surface area contributed by atoms with Crippen molar-refractivity contribution in [2.24, 2.45) is 0 Å². The van der Waals surface area contributed by atoms with E-state index in [4.69, 9.17) is 4.74 Å². The molecule has 7 heteroatoms. The van der Waals surface area contributed by atoms with Crippen LogP contribution < -0.4 is 15.0 Å². The average Bonchev–Trinajstić information content (AvgIpc) is 3.18. The molecule has 6 nitrogen and oxygen atoms in total. The van der Waals surface area contributed by atoms with E-state index >= 15 is 0 Å². The molecule has 0 spiro atoms. The van der Waals surface area contributed by atoms with Crippen LogP contribution in [0.1, 0.15) is 29.2 Å². The van der Waals surface area contributed by atoms with Crippen molar-refractivity contribution in [1.82, 2.24) is 0 Å². The van der Waals surface area contributed by atoms with Crippen LogP contribution in [0, 0.1) is 32.1 Å². The molecule has 4 rings (SSSR count). The van der Waals surface area contributed by atoms with E-state index in [1.165, 1.54) is 22.2 Å². The molecule has 0 aliphatic carbocycles. The third-order valence-corrected chi connectivity index (χ3v) is 7.44. The number of carbonyl (C=O) groups excluding carboxylic acids is 2. The number of hydrogen-bond acceptors (Lipinski definition) is 5. The number of hydrogen-bond donors (Lipinski definition) is 1. The number of benzene rings is 3. The van der Waals surface area contributed by atoms with Gasteiger partial charge in [-0.3, -0.25) is 14.5 Å². The monoisotopic (exact) mass is 511 g/mol. The molecular weight excluding hydrogens is 482 g/mol. The predicted octanol–water partition coefficient (Wildman–Crippen LogP) is 6.08. The molecule has 1 fully saturated rings. The van der Waals surface area contributed by atoms with Crippen LogP contribution in [-0.2, 0) is 16.0 Å². The number of aryl methyl sites for hydroxylation is 3. The van der Waals surface area contributed by atoms with Crippen LogP contribution in [-0.4, -0.2) is 23.7 Å². The van der Waals surface area contributed by atoms with Crippen LogP contribution >= 0.6 is 11.8 Å². The highest BCUT2D eigenvalue weighted by molar-refractivity contribution is 8.05. The first-order chi connectivity index (χ1) is 17.8. The second-order valence-corrected chi connectivity index (χ2v) is 10.1. The summed E-state index contributed by atoms with van der Waals surface area (Å²) in [5.74, 6) is -0.0369. The highest BCUT2D eigenvalue weighted by Crippen LogP contribution is 2.42. The highest BCUT2D eigenvalue weighted by atomic mass is 32.2. The molecule has 0 bridgehead atoms. The summed E-state index contributed by atoms with van der Waals surface area (Å²) in [5.41, 5.74) is 5.43. The number of nitrogens with one attached hydrogen (secondary N) is 1. The quantitative estimate of drug-likeness (QED) is 0.307. The number of thioether (sulfide) groups is 1. The van der Waals surface area contributed by atoms with E-state index in [1.807, 2.05) is 51.1 Å². The van der Waals surface area contributed by atoms with E-state index in [2.05, 4.69) is 24.4 Å². The van der Waals surface area contributed by atoms with Gasteiger partial charge in [0.1, 0.15) is 22.4 Å². The van der Waals surface area contributed by atoms with E-state index < -0.39 is 11.2 Å². The molecule has 37 heavy (non-hydrogen) atoms. The lowest BCUT2D eigenvalue weighted by Crippen LogP contribution is -2.31. The summed E-state index contributed by atoms with van der Waals surface area (Å²) in [7, 11) is 0. The zero-order valence-electron chi connectivity index (χ0n) is 21.4. The molecule has 2 amide bonds. The van der Waals surface area contributed by atoms with Gasteiger partial charge in [0.25, 0.3) is 5.91 Å². The predicted molar refractivity (Wildman–Crippen MR) is 149 cm³/mol. The minimum Gasteiger partial charge on any atom is -0.494 e. The van der Waals surface area contributed by atoms with E-state index in [9.17, 15) is 14.9 Å². The fourth-order valence-corrected chi connectivity index (χ4v) is 5.45. The van der Waals surface area contributed by atoms with Gasteiger partial charge in [0.2, 0.25) is 5.91 Å². The van der Waals surface area contributed by atoms with E-state index in [-0.39, 0.29) is 11.5 Å². The molecular formula is C30H29N3O3S. The van der Waals surface area contributed by atoms with Gasteiger partial charge in [-0.05, 0) is 92.8 Å². The van der Waals surface area contributed by atoms with Gasteiger partial charge in [0.15, 0.2) is 0 Å². The smallest absolute Gasteiger partial charge is 0.269 e. The second-order valence-electron chi connectivity index (χ2n) is 8.95. The summed E-state index contributed by atoms with van der Waals surface area (Å²) >= 11 is 1.26. The van der Waals surface area contributed by atoms with Crippen molar-refractivity contribution in [1.29, 1.82) is 5.26 Å². The average molecular weight is 512 g/mol. The standard InChI is InChI=1S/C30H29N3O3S/c1-5-36-25-13-11-24(12-14-25)33-29(35)27(17-22-10-9-20(3)21(4)16-22)37-30(33)26(18-31)28(34)32-23-8-6-7-19(2)15-23/h6-16,27H,5,17H2,1-4H3,(H,32,34)/b30-26-. The van der Waals surface area contributed by atoms with Gasteiger partial charge < -0.3 is 10.1 Å². The third kappa shape index (κ3) is 5.87. The van der Waals surface area contributed by atoms with Gasteiger partial charge in [-0.2, -0.15) is 5.26 Å². The molecule has 1 unspecified atom stereocenters. The van der Waals surface area contributed by atoms with Gasteiger partial charge in [0.05, 0.1) is 11.9 Å². The number of rotatable bonds is 7. The lowest BCUT2D eigenvalue weighted by atomic mass is 10.0. The Hall–Kier alpha value is -4.02. The molecule has 1 aliphatic rings. The van der Waals surface area contributed by atoms with Crippen molar-refractivity contribution >= 4 is 35.0 Å². The molecule has 1 heterocycles. The highest BCUT2D eigenvalue weighted by Gasteiger charge is 2.40. The summed E-state index contributed by atoms with van der Waals surface area (Å²) in [5, 5.41) is 12.7. The summed E-state index contributed by atoms with van der Waals surface area (Å²) in [4.78, 5) is 28.5. The largest absolute Gasteiger partial charge is 0.494 e. The summed E-state index contributed by atoms with van der Waals surface area (Å²) < 4.78 is 5.54. The molecule has 0 aromatic heterocycles. The Morgan fingerprint density at radius 2 is 1.81 bits per heavy atom. The van der Waals surface area contributed by atoms with Crippen LogP contribution in [0.2, 0.25) is 0 Å². The Balaban J connectivity index is 1.72. The fourth-order valence-electron chi connectivity index (χ4n) is 4.14. The molecule has 1 aliphatic heterocycles. The summed E-state index contributed by atoms with van der Waals surface area (Å²) in [6.07, 6.45) is 0.486. The Morgan fingerprint density at radius 3 is 2.46 bits per heavy atom. The SMILES string of the molecule is CCOc1ccc(N2C(=O)C(Cc3ccc(C)c(C)c3)S/C2=C(/C#N)C(=O)Nc2cccc(C)c2)cc1. The first-order valence-corrected chi connectivity index (χ1v) is 13.0. The first kappa shape index (κ1) is 26.1. The third-order valence-electron chi connectivity index (χ3n) is 6.18. The molecule has 0 radical (unpaired) electrons. The van der Waals surface area contributed by atoms with Crippen LogP contribution in [0.25, 0.3) is 0 Å². The zero-order valence-corrected chi connectivity index (χ0v) is 22.2. The van der Waals surface area contributed by atoms with Crippen molar-refractivity contribution < 1.29 is 14.3 Å². The van der Waals surface area contributed by atoms with E-state index in [0.29, 0.717) is 35.2 Å². The van der Waals surface area contributed by atoms with Crippen molar-refractivity contribution in [2.75, 3.05) is 16.8 Å². The van der Waals surface area contributed by atoms with Crippen LogP contribution in [0.5, 0.6) is 5.75 Å². The maximum atomic E-state index is 13.7. The number of nitrogens with zero attached hydrogens (tertiary/aromatic N) is 2. The minimum absolute atomic E-state index is 0.101. The van der Waals surface area contributed by atoms with Crippen molar-refractivity contribution in [3.63, 3.8) is 0 Å². The minimum atomic E-state index is -0.550. The molecule has 0 saturated carbocycles. The lowest BCUT2D eigenvalue weighted by molar-refractivity contribution is -0.117. The Bertz CT molecular complexity index is 1410. The number of carbonyl (C=O) groups is 2. The molecule has 1 saturated heterocycles. The number of anilines is 2. The van der Waals surface area contributed by atoms with Crippen LogP contribution in [0.3, 0.4) is 0 Å². The molecule has 3 aromatic carbocycles. The van der Waals surface area contributed by atoms with Crippen molar-refractivity contribution in [3.8, 4) is 11.8 Å². The van der Waals surface area contributed by atoms with Crippen LogP contribution in [0.15, 0.2) is 77.3 Å². The Labute approximate surface area is 221 Å². The van der Waals surface area contributed by atoms with Gasteiger partial charge in [0, 0.05) is 11.4 Å². The Kier molecular flexibility index (Phi) is 8.00. The maximum absolute atomic E-state index is 13.7.